The van der Waals surface area contributed by atoms with Crippen LogP contribution in [-0.4, -0.2) is 35.8 Å². The monoisotopic (exact) mass is 400 g/mol. The summed E-state index contributed by atoms with van der Waals surface area (Å²) in [5.74, 6) is 0.353. The Morgan fingerprint density at radius 2 is 1.79 bits per heavy atom. The van der Waals surface area contributed by atoms with Crippen molar-refractivity contribution in [2.45, 2.75) is 19.4 Å². The lowest BCUT2D eigenvalue weighted by atomic mass is 9.63. The van der Waals surface area contributed by atoms with Crippen LogP contribution in [0.2, 0.25) is 5.02 Å². The zero-order chi connectivity index (χ0) is 19.7. The number of amides is 3. The van der Waals surface area contributed by atoms with Gasteiger partial charge in [0.05, 0.1) is 24.6 Å². The number of carbonyl (C=O) groups is 3. The molecule has 1 aliphatic heterocycles. The molecule has 4 aliphatic carbocycles. The Kier molecular flexibility index (Phi) is 3.85. The normalized spacial score (nSPS) is 35.5. The first kappa shape index (κ1) is 17.7. The van der Waals surface area contributed by atoms with Gasteiger partial charge in [-0.3, -0.25) is 19.3 Å². The molecule has 3 amide bonds. The van der Waals surface area contributed by atoms with Gasteiger partial charge >= 0.3 is 0 Å². The third kappa shape index (κ3) is 2.37. The van der Waals surface area contributed by atoms with Gasteiger partial charge in [-0.2, -0.15) is 0 Å². The second-order valence-electron chi connectivity index (χ2n) is 8.21. The lowest BCUT2D eigenvalue weighted by Crippen LogP contribution is -2.46. The first-order valence-electron chi connectivity index (χ1n) is 9.62. The number of nitrogens with one attached hydrogen (secondary N) is 1. The van der Waals surface area contributed by atoms with Crippen LogP contribution in [0.3, 0.4) is 0 Å². The molecule has 1 saturated heterocycles. The summed E-state index contributed by atoms with van der Waals surface area (Å²) in [5.41, 5.74) is 0.409. The van der Waals surface area contributed by atoms with Crippen molar-refractivity contribution < 1.29 is 19.1 Å². The van der Waals surface area contributed by atoms with Gasteiger partial charge in [0.2, 0.25) is 17.7 Å². The second-order valence-corrected chi connectivity index (χ2v) is 8.65. The summed E-state index contributed by atoms with van der Waals surface area (Å²) in [5, 5.41) is 3.20. The van der Waals surface area contributed by atoms with Gasteiger partial charge in [0, 0.05) is 5.02 Å². The Hall–Kier alpha value is -2.34. The molecule has 6 nitrogen and oxygen atoms in total. The fourth-order valence-corrected chi connectivity index (χ4v) is 5.67. The number of allylic oxidation sites excluding steroid dienone is 2. The fraction of sp³-hybridized carbons (Fsp3) is 0.476. The Morgan fingerprint density at radius 3 is 2.36 bits per heavy atom. The largest absolute Gasteiger partial charge is 0.495 e. The van der Waals surface area contributed by atoms with E-state index in [-0.39, 0.29) is 35.5 Å². The summed E-state index contributed by atoms with van der Waals surface area (Å²) in [6, 6.07) is 3.99. The maximum Gasteiger partial charge on any atom is 0.247 e. The van der Waals surface area contributed by atoms with Crippen molar-refractivity contribution in [3.63, 3.8) is 0 Å². The Labute approximate surface area is 167 Å². The molecule has 2 bridgehead atoms. The Balaban J connectivity index is 1.38. The first-order valence-corrected chi connectivity index (χ1v) is 10.00. The molecule has 1 N–H and O–H groups in total. The van der Waals surface area contributed by atoms with E-state index in [0.717, 1.165) is 6.42 Å². The smallest absolute Gasteiger partial charge is 0.247 e. The van der Waals surface area contributed by atoms with Gasteiger partial charge < -0.3 is 10.1 Å². The van der Waals surface area contributed by atoms with Crippen molar-refractivity contribution in [3.05, 3.63) is 35.4 Å². The van der Waals surface area contributed by atoms with E-state index in [2.05, 4.69) is 17.5 Å². The Bertz CT molecular complexity index is 893. The van der Waals surface area contributed by atoms with E-state index in [1.165, 1.54) is 12.0 Å². The van der Waals surface area contributed by atoms with Gasteiger partial charge in [0.15, 0.2) is 0 Å². The minimum absolute atomic E-state index is 0.143. The van der Waals surface area contributed by atoms with E-state index in [1.807, 2.05) is 0 Å². The van der Waals surface area contributed by atoms with Crippen LogP contribution in [0.1, 0.15) is 13.3 Å². The summed E-state index contributed by atoms with van der Waals surface area (Å²) in [6.45, 7) is 1.59. The lowest BCUT2D eigenvalue weighted by molar-refractivity contribution is -0.146. The minimum Gasteiger partial charge on any atom is -0.495 e. The molecule has 0 spiro atoms. The molecule has 28 heavy (non-hydrogen) atoms. The van der Waals surface area contributed by atoms with Crippen molar-refractivity contribution >= 4 is 35.0 Å². The van der Waals surface area contributed by atoms with Crippen LogP contribution in [0, 0.1) is 35.5 Å². The van der Waals surface area contributed by atoms with Crippen LogP contribution in [0.5, 0.6) is 5.75 Å². The van der Waals surface area contributed by atoms with Gasteiger partial charge in [-0.25, -0.2) is 0 Å². The number of methoxy groups -OCH3 is 1. The van der Waals surface area contributed by atoms with Crippen LogP contribution < -0.4 is 10.1 Å². The number of ether oxygens (including phenoxy) is 1. The van der Waals surface area contributed by atoms with E-state index in [9.17, 15) is 14.4 Å². The summed E-state index contributed by atoms with van der Waals surface area (Å²) in [7, 11) is 1.49. The van der Waals surface area contributed by atoms with Gasteiger partial charge in [-0.05, 0) is 55.2 Å². The van der Waals surface area contributed by atoms with Crippen LogP contribution in [0.15, 0.2) is 30.4 Å². The van der Waals surface area contributed by atoms with Gasteiger partial charge in [0.1, 0.15) is 11.8 Å². The van der Waals surface area contributed by atoms with Crippen LogP contribution in [0.4, 0.5) is 5.69 Å². The SMILES string of the molecule is COc1ccc(Cl)cc1NC(=O)[C@H](C)N1C(=O)[C@H]2[C@@H]3C=C[C@H]([C@H]4C[C@H]34)[C@@H]2C1=O. The number of likely N-dealkylation sites (tertiary alicyclic amines) is 1. The Morgan fingerprint density at radius 1 is 1.18 bits per heavy atom. The van der Waals surface area contributed by atoms with Crippen molar-refractivity contribution in [1.29, 1.82) is 0 Å². The number of nitrogens with zero attached hydrogens (tertiary/aromatic N) is 1. The minimum atomic E-state index is -0.898. The number of hydrogen-bond acceptors (Lipinski definition) is 4. The zero-order valence-corrected chi connectivity index (χ0v) is 16.3. The van der Waals surface area contributed by atoms with Gasteiger partial charge in [0.25, 0.3) is 0 Å². The number of carbonyl (C=O) groups excluding carboxylic acids is 3. The van der Waals surface area contributed by atoms with Crippen molar-refractivity contribution in [2.24, 2.45) is 35.5 Å². The molecule has 6 rings (SSSR count). The van der Waals surface area contributed by atoms with Crippen LogP contribution in [0.25, 0.3) is 0 Å². The van der Waals surface area contributed by atoms with Crippen molar-refractivity contribution in [2.75, 3.05) is 12.4 Å². The molecule has 5 aliphatic rings. The number of rotatable bonds is 4. The second kappa shape index (κ2) is 6.08. The van der Waals surface area contributed by atoms with Crippen molar-refractivity contribution in [1.82, 2.24) is 4.90 Å². The molecular weight excluding hydrogens is 380 g/mol. The maximum absolute atomic E-state index is 13.1. The molecule has 2 saturated carbocycles. The molecule has 1 aromatic rings. The fourth-order valence-electron chi connectivity index (χ4n) is 5.49. The number of anilines is 1. The predicted octanol–water partition coefficient (Wildman–Crippen LogP) is 2.73. The average molecular weight is 401 g/mol. The summed E-state index contributed by atoms with van der Waals surface area (Å²) in [4.78, 5) is 40.3. The van der Waals surface area contributed by atoms with Gasteiger partial charge in [-0.1, -0.05) is 23.8 Å². The highest BCUT2D eigenvalue weighted by Gasteiger charge is 2.67. The highest BCUT2D eigenvalue weighted by molar-refractivity contribution is 6.31. The predicted molar refractivity (Wildman–Crippen MR) is 103 cm³/mol. The molecule has 7 heteroatoms. The van der Waals surface area contributed by atoms with E-state index in [1.54, 1.807) is 25.1 Å². The number of benzene rings is 1. The standard InChI is InChI=1S/C21H21ClN2O4/c1-9(19(25)23-15-7-10(22)3-6-16(15)28-2)24-20(26)17-11-4-5-12(14-8-13(11)14)18(17)21(24)27/h3-7,9,11-14,17-18H,8H2,1-2H3,(H,23,25)/t9-,11+,12+,13+,14+,17-,18-/m0/s1. The number of hydrogen-bond donors (Lipinski definition) is 1. The molecule has 7 atom stereocenters. The number of imide groups is 1. The maximum atomic E-state index is 13.1. The average Bonchev–Trinajstić information content (AvgIpc) is 3.45. The van der Waals surface area contributed by atoms with Crippen molar-refractivity contribution in [3.8, 4) is 5.75 Å². The molecule has 146 valence electrons. The third-order valence-corrected chi connectivity index (χ3v) is 7.12. The highest BCUT2D eigenvalue weighted by Crippen LogP contribution is 2.65. The van der Waals surface area contributed by atoms with E-state index in [4.69, 9.17) is 16.3 Å². The molecular formula is C21H21ClN2O4. The quantitative estimate of drug-likeness (QED) is 0.622. The number of halogens is 1. The van der Waals surface area contributed by atoms with Gasteiger partial charge in [-0.15, -0.1) is 0 Å². The lowest BCUT2D eigenvalue weighted by Gasteiger charge is -2.37. The zero-order valence-electron chi connectivity index (χ0n) is 15.6. The molecule has 1 aromatic carbocycles. The summed E-state index contributed by atoms with van der Waals surface area (Å²) in [6.07, 6.45) is 5.35. The van der Waals surface area contributed by atoms with E-state index in [0.29, 0.717) is 28.3 Å². The van der Waals surface area contributed by atoms with E-state index < -0.39 is 11.9 Å². The summed E-state index contributed by atoms with van der Waals surface area (Å²) < 4.78 is 5.25. The summed E-state index contributed by atoms with van der Waals surface area (Å²) >= 11 is 6.02. The topological polar surface area (TPSA) is 75.7 Å². The molecule has 0 radical (unpaired) electrons. The molecule has 1 heterocycles. The van der Waals surface area contributed by atoms with Crippen LogP contribution in [-0.2, 0) is 14.4 Å². The van der Waals surface area contributed by atoms with Crippen LogP contribution >= 0.6 is 11.6 Å². The van der Waals surface area contributed by atoms with E-state index >= 15 is 0 Å². The first-order chi connectivity index (χ1) is 13.4. The third-order valence-electron chi connectivity index (χ3n) is 6.88. The molecule has 0 unspecified atom stereocenters. The highest BCUT2D eigenvalue weighted by atomic mass is 35.5. The molecule has 0 aromatic heterocycles. The molecule has 3 fully saturated rings.